The van der Waals surface area contributed by atoms with Crippen LogP contribution in [0.1, 0.15) is 35.4 Å². The Labute approximate surface area is 179 Å². The molecule has 5 nitrogen and oxygen atoms in total. The molecule has 3 aromatic rings. The molecule has 29 heavy (non-hydrogen) atoms. The first-order chi connectivity index (χ1) is 14.2. The predicted molar refractivity (Wildman–Crippen MR) is 117 cm³/mol. The van der Waals surface area contributed by atoms with Crippen LogP contribution in [0.4, 0.5) is 0 Å². The van der Waals surface area contributed by atoms with Crippen molar-refractivity contribution in [1.29, 1.82) is 0 Å². The number of hydrazine groups is 1. The molecule has 2 N–H and O–H groups in total. The molecule has 2 atom stereocenters. The van der Waals surface area contributed by atoms with E-state index in [2.05, 4.69) is 29.1 Å². The third kappa shape index (κ3) is 3.78. The second-order valence-corrected chi connectivity index (χ2v) is 9.28. The van der Waals surface area contributed by atoms with Gasteiger partial charge in [-0.2, -0.15) is 0 Å². The number of fused-ring (bicyclic) bond motifs is 1. The first kappa shape index (κ1) is 19.0. The number of benzene rings is 2. The van der Waals surface area contributed by atoms with Crippen LogP contribution >= 0.6 is 22.9 Å². The smallest absolute Gasteiger partial charge is 0.229 e. The topological polar surface area (TPSA) is 57.3 Å². The number of likely N-dealkylation sites (tertiary alicyclic amines) is 1. The van der Waals surface area contributed by atoms with E-state index in [1.54, 1.807) is 11.3 Å². The molecule has 0 radical (unpaired) electrons. The molecule has 0 bridgehead atoms. The van der Waals surface area contributed by atoms with Gasteiger partial charge in [0, 0.05) is 30.6 Å². The summed E-state index contributed by atoms with van der Waals surface area (Å²) in [7, 11) is 0. The monoisotopic (exact) mass is 426 g/mol. The van der Waals surface area contributed by atoms with E-state index >= 15 is 0 Å². The van der Waals surface area contributed by atoms with Crippen LogP contribution in [-0.4, -0.2) is 35.4 Å². The normalized spacial score (nSPS) is 23.0. The number of hydrogen-bond donors (Lipinski definition) is 2. The highest BCUT2D eigenvalue weighted by Crippen LogP contribution is 2.35. The van der Waals surface area contributed by atoms with Gasteiger partial charge in [-0.3, -0.25) is 10.2 Å². The number of rotatable bonds is 3. The number of aromatic nitrogens is 1. The Morgan fingerprint density at radius 1 is 1.10 bits per heavy atom. The number of carbonyl (C=O) groups is 1. The lowest BCUT2D eigenvalue weighted by atomic mass is 9.91. The number of halogens is 1. The van der Waals surface area contributed by atoms with Gasteiger partial charge in [0.05, 0.1) is 27.2 Å². The second kappa shape index (κ2) is 8.03. The summed E-state index contributed by atoms with van der Waals surface area (Å²) in [5.41, 5.74) is 8.60. The van der Waals surface area contributed by atoms with Crippen molar-refractivity contribution >= 4 is 39.1 Å². The molecular weight excluding hydrogens is 404 g/mol. The quantitative estimate of drug-likeness (QED) is 0.661. The maximum Gasteiger partial charge on any atom is 0.229 e. The number of hydrogen-bond acceptors (Lipinski definition) is 5. The third-order valence-corrected chi connectivity index (χ3v) is 7.45. The van der Waals surface area contributed by atoms with Gasteiger partial charge in [-0.25, -0.2) is 10.4 Å². The fourth-order valence-corrected chi connectivity index (χ4v) is 5.62. The van der Waals surface area contributed by atoms with E-state index in [1.807, 2.05) is 35.2 Å². The fourth-order valence-electron chi connectivity index (χ4n) is 4.36. The minimum absolute atomic E-state index is 0.0262. The Bertz CT molecular complexity index is 980. The Morgan fingerprint density at radius 3 is 2.62 bits per heavy atom. The molecule has 2 unspecified atom stereocenters. The maximum atomic E-state index is 13.2. The van der Waals surface area contributed by atoms with E-state index in [0.717, 1.165) is 37.0 Å². The van der Waals surface area contributed by atoms with Crippen LogP contribution in [-0.2, 0) is 4.79 Å². The molecule has 2 saturated heterocycles. The lowest BCUT2D eigenvalue weighted by Crippen LogP contribution is -2.43. The van der Waals surface area contributed by atoms with Crippen LogP contribution in [0, 0.1) is 5.92 Å². The van der Waals surface area contributed by atoms with E-state index in [9.17, 15) is 4.79 Å². The van der Waals surface area contributed by atoms with Crippen molar-refractivity contribution in [3.63, 3.8) is 0 Å². The molecule has 2 aliphatic rings. The van der Waals surface area contributed by atoms with Crippen molar-refractivity contribution in [3.05, 3.63) is 64.1 Å². The minimum Gasteiger partial charge on any atom is -0.342 e. The average molecular weight is 427 g/mol. The van der Waals surface area contributed by atoms with Crippen LogP contribution in [0.25, 0.3) is 10.2 Å². The number of carbonyl (C=O) groups excluding carboxylic acids is 1. The van der Waals surface area contributed by atoms with Gasteiger partial charge < -0.3 is 4.90 Å². The number of nitrogens with zero attached hydrogens (tertiary/aromatic N) is 2. The predicted octanol–water partition coefficient (Wildman–Crippen LogP) is 4.12. The zero-order valence-electron chi connectivity index (χ0n) is 16.0. The van der Waals surface area contributed by atoms with Crippen molar-refractivity contribution < 1.29 is 4.79 Å². The molecule has 2 aliphatic heterocycles. The van der Waals surface area contributed by atoms with Gasteiger partial charge in [-0.15, -0.1) is 11.3 Å². The van der Waals surface area contributed by atoms with E-state index in [4.69, 9.17) is 16.6 Å². The van der Waals surface area contributed by atoms with E-state index in [-0.39, 0.29) is 17.9 Å². The van der Waals surface area contributed by atoms with Gasteiger partial charge >= 0.3 is 0 Å². The van der Waals surface area contributed by atoms with Crippen molar-refractivity contribution in [2.45, 2.75) is 24.8 Å². The second-order valence-electron chi connectivity index (χ2n) is 7.78. The summed E-state index contributed by atoms with van der Waals surface area (Å²) < 4.78 is 1.25. The number of para-hydroxylation sites is 1. The van der Waals surface area contributed by atoms with Crippen LogP contribution in [0.5, 0.6) is 0 Å². The van der Waals surface area contributed by atoms with Gasteiger partial charge in [0.15, 0.2) is 0 Å². The molecule has 0 saturated carbocycles. The highest BCUT2D eigenvalue weighted by atomic mass is 35.5. The summed E-state index contributed by atoms with van der Waals surface area (Å²) in [5, 5.41) is 1.92. The summed E-state index contributed by atoms with van der Waals surface area (Å²) >= 11 is 7.81. The van der Waals surface area contributed by atoms with Crippen LogP contribution in [0.3, 0.4) is 0 Å². The molecular formula is C22H23ClN4OS. The average Bonchev–Trinajstić information content (AvgIpc) is 3.41. The molecule has 2 fully saturated rings. The summed E-state index contributed by atoms with van der Waals surface area (Å²) in [4.78, 5) is 20.1. The lowest BCUT2D eigenvalue weighted by Gasteiger charge is -2.33. The van der Waals surface area contributed by atoms with Gasteiger partial charge in [0.2, 0.25) is 5.91 Å². The lowest BCUT2D eigenvalue weighted by molar-refractivity contribution is -0.136. The SMILES string of the molecule is O=C(C1CNNC1c1ccc(Cl)cc1)N1CCC(c2nc3ccccc3s2)CC1. The summed E-state index contributed by atoms with van der Waals surface area (Å²) in [6.45, 7) is 2.23. The standard InChI is InChI=1S/C22H23ClN4OS/c23-16-7-5-14(6-8-16)20-17(13-24-26-20)22(28)27-11-9-15(10-12-27)21-25-18-3-1-2-4-19(18)29-21/h1-8,15,17,20,24,26H,9-13H2. The van der Waals surface area contributed by atoms with Gasteiger partial charge in [-0.1, -0.05) is 35.9 Å². The van der Waals surface area contributed by atoms with Crippen LogP contribution in [0.2, 0.25) is 5.02 Å². The minimum atomic E-state index is -0.102. The van der Waals surface area contributed by atoms with E-state index in [0.29, 0.717) is 17.5 Å². The van der Waals surface area contributed by atoms with Gasteiger partial charge in [0.1, 0.15) is 0 Å². The summed E-state index contributed by atoms with van der Waals surface area (Å²) in [6.07, 6.45) is 1.95. The summed E-state index contributed by atoms with van der Waals surface area (Å²) in [6, 6.07) is 16.0. The Morgan fingerprint density at radius 2 is 1.86 bits per heavy atom. The first-order valence-corrected chi connectivity index (χ1v) is 11.3. The molecule has 7 heteroatoms. The molecule has 150 valence electrons. The third-order valence-electron chi connectivity index (χ3n) is 5.99. The largest absolute Gasteiger partial charge is 0.342 e. The van der Waals surface area contributed by atoms with Crippen molar-refractivity contribution in [2.24, 2.45) is 5.92 Å². The first-order valence-electron chi connectivity index (χ1n) is 10.1. The Kier molecular flexibility index (Phi) is 5.26. The molecule has 1 aromatic heterocycles. The summed E-state index contributed by atoms with van der Waals surface area (Å²) in [5.74, 6) is 0.573. The van der Waals surface area contributed by atoms with Gasteiger partial charge in [-0.05, 0) is 42.7 Å². The number of nitrogens with one attached hydrogen (secondary N) is 2. The van der Waals surface area contributed by atoms with Gasteiger partial charge in [0.25, 0.3) is 0 Å². The highest BCUT2D eigenvalue weighted by molar-refractivity contribution is 7.18. The Balaban J connectivity index is 1.25. The zero-order chi connectivity index (χ0) is 19.8. The molecule has 1 amide bonds. The van der Waals surface area contributed by atoms with Crippen molar-refractivity contribution in [2.75, 3.05) is 19.6 Å². The number of piperidine rings is 1. The molecule has 0 spiro atoms. The molecule has 5 rings (SSSR count). The van der Waals surface area contributed by atoms with Crippen molar-refractivity contribution in [3.8, 4) is 0 Å². The fraction of sp³-hybridized carbons (Fsp3) is 0.364. The van der Waals surface area contributed by atoms with E-state index in [1.165, 1.54) is 9.71 Å². The van der Waals surface area contributed by atoms with E-state index < -0.39 is 0 Å². The van der Waals surface area contributed by atoms with Crippen molar-refractivity contribution in [1.82, 2.24) is 20.7 Å². The van der Waals surface area contributed by atoms with Crippen LogP contribution < -0.4 is 10.9 Å². The Hall–Kier alpha value is -1.99. The zero-order valence-corrected chi connectivity index (χ0v) is 17.5. The maximum absolute atomic E-state index is 13.2. The highest BCUT2D eigenvalue weighted by Gasteiger charge is 2.37. The number of thiazole rings is 1. The molecule has 0 aliphatic carbocycles. The molecule has 3 heterocycles. The molecule has 2 aromatic carbocycles. The van der Waals surface area contributed by atoms with Crippen LogP contribution in [0.15, 0.2) is 48.5 Å². The number of amides is 1.